The average molecular weight is 493 g/mol. The van der Waals surface area contributed by atoms with Crippen LogP contribution in [-0.4, -0.2) is 70.6 Å². The van der Waals surface area contributed by atoms with Crippen LogP contribution in [0.3, 0.4) is 0 Å². The van der Waals surface area contributed by atoms with E-state index in [0.29, 0.717) is 17.6 Å². The number of carbonyl (C=O) groups excluding carboxylic acids is 2. The van der Waals surface area contributed by atoms with Gasteiger partial charge >= 0.3 is 12.1 Å². The molecule has 1 spiro atoms. The van der Waals surface area contributed by atoms with Gasteiger partial charge in [-0.25, -0.2) is 9.59 Å². The van der Waals surface area contributed by atoms with Crippen molar-refractivity contribution in [1.82, 2.24) is 14.8 Å². The van der Waals surface area contributed by atoms with Gasteiger partial charge in [-0.2, -0.15) is 4.99 Å². The number of nitrogens with two attached hydrogens (primary N) is 1. The largest absolute Gasteiger partial charge is 0.444 e. The fourth-order valence-corrected chi connectivity index (χ4v) is 5.84. The Bertz CT molecular complexity index is 1170. The van der Waals surface area contributed by atoms with Crippen molar-refractivity contribution in [3.8, 4) is 0 Å². The number of benzene rings is 1. The van der Waals surface area contributed by atoms with Crippen molar-refractivity contribution in [2.75, 3.05) is 31.5 Å². The first-order valence-corrected chi connectivity index (χ1v) is 12.8. The van der Waals surface area contributed by atoms with E-state index in [1.807, 2.05) is 49.9 Å². The monoisotopic (exact) mass is 492 g/mol. The maximum atomic E-state index is 12.6. The van der Waals surface area contributed by atoms with Crippen molar-refractivity contribution in [3.05, 3.63) is 36.7 Å². The number of nitrogens with zero attached hydrogens (tertiary/aromatic N) is 4. The van der Waals surface area contributed by atoms with Crippen molar-refractivity contribution >= 4 is 34.4 Å². The van der Waals surface area contributed by atoms with E-state index in [2.05, 4.69) is 20.2 Å². The van der Waals surface area contributed by atoms with Crippen LogP contribution in [0.2, 0.25) is 0 Å². The summed E-state index contributed by atoms with van der Waals surface area (Å²) in [6.07, 6.45) is 7.41. The lowest BCUT2D eigenvalue weighted by molar-refractivity contribution is -0.111. The SMILES string of the molecule is CC(C)(C)OC(=O)N1CC2(CC(N3CCCC(/C(N)=N/C(=O)Nc4cccc5cnccc45)C3)C2)C1. The molecule has 0 bridgehead atoms. The van der Waals surface area contributed by atoms with Gasteiger partial charge in [-0.15, -0.1) is 0 Å². The maximum absolute atomic E-state index is 12.6. The van der Waals surface area contributed by atoms with Crippen molar-refractivity contribution in [2.45, 2.75) is 58.1 Å². The number of piperidine rings is 1. The van der Waals surface area contributed by atoms with E-state index in [0.717, 1.165) is 62.6 Å². The number of aliphatic imine (C=N–C) groups is 1. The molecule has 9 heteroatoms. The molecule has 3 heterocycles. The van der Waals surface area contributed by atoms with Gasteiger partial charge < -0.3 is 20.7 Å². The second-order valence-corrected chi connectivity index (χ2v) is 11.6. The first-order valence-electron chi connectivity index (χ1n) is 12.8. The lowest BCUT2D eigenvalue weighted by Gasteiger charge is -2.61. The molecule has 5 rings (SSSR count). The van der Waals surface area contributed by atoms with Crippen LogP contribution in [0.15, 0.2) is 41.7 Å². The number of rotatable bonds is 3. The van der Waals surface area contributed by atoms with E-state index in [1.165, 1.54) is 0 Å². The molecule has 1 unspecified atom stereocenters. The molecular weight excluding hydrogens is 456 g/mol. The summed E-state index contributed by atoms with van der Waals surface area (Å²) in [6.45, 7) is 9.11. The zero-order chi connectivity index (χ0) is 25.5. The van der Waals surface area contributed by atoms with Gasteiger partial charge in [0.2, 0.25) is 0 Å². The van der Waals surface area contributed by atoms with Crippen molar-refractivity contribution < 1.29 is 14.3 Å². The maximum Gasteiger partial charge on any atom is 0.410 e. The molecule has 1 aromatic carbocycles. The number of hydrogen-bond acceptors (Lipinski definition) is 5. The molecule has 3 N–H and O–H groups in total. The van der Waals surface area contributed by atoms with Crippen LogP contribution in [0.5, 0.6) is 0 Å². The van der Waals surface area contributed by atoms with Gasteiger partial charge in [-0.1, -0.05) is 12.1 Å². The van der Waals surface area contributed by atoms with Gasteiger partial charge in [0.25, 0.3) is 0 Å². The van der Waals surface area contributed by atoms with Crippen molar-refractivity contribution in [2.24, 2.45) is 22.1 Å². The molecule has 2 saturated heterocycles. The molecule has 0 radical (unpaired) electrons. The highest BCUT2D eigenvalue weighted by atomic mass is 16.6. The number of nitrogens with one attached hydrogen (secondary N) is 1. The number of aromatic nitrogens is 1. The van der Waals surface area contributed by atoms with Crippen LogP contribution >= 0.6 is 0 Å². The first kappa shape index (κ1) is 24.5. The van der Waals surface area contributed by atoms with Gasteiger partial charge in [-0.05, 0) is 65.1 Å². The van der Waals surface area contributed by atoms with Gasteiger partial charge in [0.1, 0.15) is 11.4 Å². The number of fused-ring (bicyclic) bond motifs is 1. The molecule has 1 aromatic heterocycles. The predicted molar refractivity (Wildman–Crippen MR) is 140 cm³/mol. The molecule has 3 fully saturated rings. The molecule has 9 nitrogen and oxygen atoms in total. The van der Waals surface area contributed by atoms with Crippen molar-refractivity contribution in [1.29, 1.82) is 0 Å². The number of likely N-dealkylation sites (tertiary alicyclic amines) is 2. The molecule has 2 aromatic rings. The summed E-state index contributed by atoms with van der Waals surface area (Å²) in [4.78, 5) is 37.6. The smallest absolute Gasteiger partial charge is 0.410 e. The molecule has 36 heavy (non-hydrogen) atoms. The summed E-state index contributed by atoms with van der Waals surface area (Å²) >= 11 is 0. The Labute approximate surface area is 212 Å². The molecule has 1 aliphatic carbocycles. The first-order chi connectivity index (χ1) is 17.1. The molecule has 3 amide bonds. The fraction of sp³-hybridized carbons (Fsp3) is 0.556. The van der Waals surface area contributed by atoms with Crippen LogP contribution in [-0.2, 0) is 4.74 Å². The number of amides is 3. The van der Waals surface area contributed by atoms with Gasteiger partial charge in [0, 0.05) is 60.2 Å². The molecule has 3 aliphatic rings. The molecule has 1 saturated carbocycles. The topological polar surface area (TPSA) is 113 Å². The number of amidine groups is 1. The summed E-state index contributed by atoms with van der Waals surface area (Å²) in [5, 5.41) is 4.74. The van der Waals surface area contributed by atoms with Crippen LogP contribution < -0.4 is 11.1 Å². The zero-order valence-corrected chi connectivity index (χ0v) is 21.4. The van der Waals surface area contributed by atoms with Gasteiger partial charge in [0.15, 0.2) is 0 Å². The molecule has 1 atom stereocenters. The Morgan fingerprint density at radius 2 is 2.00 bits per heavy atom. The molecule has 192 valence electrons. The zero-order valence-electron chi connectivity index (χ0n) is 21.4. The third-order valence-corrected chi connectivity index (χ3v) is 7.58. The standard InChI is InChI=1S/C27H36N6O3/c1-26(2,3)36-25(35)33-16-27(17-33)12-20(13-27)32-11-5-7-19(15-32)23(28)31-24(34)30-22-8-4-6-18-14-29-10-9-21(18)22/h4,6,8-10,14,19-20H,5,7,11-13,15-17H2,1-3H3,(H3,28,30,31,34). The Balaban J connectivity index is 1.13. The summed E-state index contributed by atoms with van der Waals surface area (Å²) in [5.74, 6) is 0.463. The highest BCUT2D eigenvalue weighted by molar-refractivity contribution is 6.05. The number of ether oxygens (including phenoxy) is 1. The lowest BCUT2D eigenvalue weighted by Crippen LogP contribution is -2.68. The second-order valence-electron chi connectivity index (χ2n) is 11.6. The van der Waals surface area contributed by atoms with Crippen molar-refractivity contribution in [3.63, 3.8) is 0 Å². The summed E-state index contributed by atoms with van der Waals surface area (Å²) < 4.78 is 5.49. The second kappa shape index (κ2) is 9.35. The Morgan fingerprint density at radius 1 is 1.22 bits per heavy atom. The normalized spacial score (nSPS) is 22.7. The van der Waals surface area contributed by atoms with Crippen LogP contribution in [0.25, 0.3) is 10.8 Å². The fourth-order valence-electron chi connectivity index (χ4n) is 5.84. The average Bonchev–Trinajstić information content (AvgIpc) is 2.76. The number of anilines is 1. The van der Waals surface area contributed by atoms with E-state index in [9.17, 15) is 9.59 Å². The van der Waals surface area contributed by atoms with Crippen LogP contribution in [0.4, 0.5) is 15.3 Å². The molecular formula is C27H36N6O3. The Hall–Kier alpha value is -3.20. The van der Waals surface area contributed by atoms with Gasteiger partial charge in [0.05, 0.1) is 5.69 Å². The third-order valence-electron chi connectivity index (χ3n) is 7.58. The van der Waals surface area contributed by atoms with Crippen LogP contribution in [0.1, 0.15) is 46.5 Å². The van der Waals surface area contributed by atoms with E-state index in [1.54, 1.807) is 12.4 Å². The Morgan fingerprint density at radius 3 is 2.75 bits per heavy atom. The molecule has 2 aliphatic heterocycles. The van der Waals surface area contributed by atoms with Crippen LogP contribution in [0, 0.1) is 11.3 Å². The number of carbonyl (C=O) groups is 2. The van der Waals surface area contributed by atoms with E-state index in [4.69, 9.17) is 10.5 Å². The third kappa shape index (κ3) is 5.16. The lowest BCUT2D eigenvalue weighted by atomic mass is 9.60. The van der Waals surface area contributed by atoms with Gasteiger partial charge in [-0.3, -0.25) is 9.88 Å². The number of urea groups is 1. The van der Waals surface area contributed by atoms with E-state index >= 15 is 0 Å². The highest BCUT2D eigenvalue weighted by Crippen LogP contribution is 2.51. The summed E-state index contributed by atoms with van der Waals surface area (Å²) in [5.41, 5.74) is 6.80. The number of hydrogen-bond donors (Lipinski definition) is 2. The minimum atomic E-state index is -0.463. The number of pyridine rings is 1. The minimum absolute atomic E-state index is 0.0671. The highest BCUT2D eigenvalue weighted by Gasteiger charge is 2.55. The van der Waals surface area contributed by atoms with E-state index in [-0.39, 0.29) is 17.4 Å². The Kier molecular flexibility index (Phi) is 6.36. The summed E-state index contributed by atoms with van der Waals surface area (Å²) in [6, 6.07) is 7.61. The summed E-state index contributed by atoms with van der Waals surface area (Å²) in [7, 11) is 0. The minimum Gasteiger partial charge on any atom is -0.444 e. The quantitative estimate of drug-likeness (QED) is 0.490. The van der Waals surface area contributed by atoms with E-state index < -0.39 is 11.6 Å². The predicted octanol–water partition coefficient (Wildman–Crippen LogP) is 4.24.